The molecule has 0 spiro atoms. The van der Waals surface area contributed by atoms with Gasteiger partial charge in [0.1, 0.15) is 0 Å². The van der Waals surface area contributed by atoms with Crippen LogP contribution in [-0.2, 0) is 0 Å². The first-order chi connectivity index (χ1) is 6.65. The van der Waals surface area contributed by atoms with Crippen molar-refractivity contribution in [3.8, 4) is 0 Å². The Morgan fingerprint density at radius 1 is 1.29 bits per heavy atom. The standard InChI is InChI=1S/C13H18O/c1-10(2)13(8-9-14)12-6-4-11(3)5-7-12/h4-8,10,14H,9H2,1-3H3/b13-8+. The summed E-state index contributed by atoms with van der Waals surface area (Å²) in [5.74, 6) is 0.449. The molecule has 0 amide bonds. The number of hydrogen-bond acceptors (Lipinski definition) is 1. The zero-order chi connectivity index (χ0) is 10.6. The molecule has 76 valence electrons. The summed E-state index contributed by atoms with van der Waals surface area (Å²) in [6, 6.07) is 8.42. The molecule has 14 heavy (non-hydrogen) atoms. The Balaban J connectivity index is 3.00. The maximum Gasteiger partial charge on any atom is 0.0618 e. The molecule has 0 unspecified atom stereocenters. The van der Waals surface area contributed by atoms with Crippen LogP contribution in [0.1, 0.15) is 25.0 Å². The molecule has 1 aromatic rings. The molecule has 1 rings (SSSR count). The lowest BCUT2D eigenvalue weighted by molar-refractivity contribution is 0.342. The number of benzene rings is 1. The molecule has 1 N–H and O–H groups in total. The zero-order valence-electron chi connectivity index (χ0n) is 9.12. The molecule has 0 aliphatic heterocycles. The molecule has 0 heterocycles. The molecule has 1 aromatic carbocycles. The molecular weight excluding hydrogens is 172 g/mol. The van der Waals surface area contributed by atoms with Gasteiger partial charge in [0.05, 0.1) is 6.61 Å². The molecule has 0 aliphatic rings. The highest BCUT2D eigenvalue weighted by Crippen LogP contribution is 2.22. The Hall–Kier alpha value is -1.08. The van der Waals surface area contributed by atoms with Gasteiger partial charge >= 0.3 is 0 Å². The Bertz CT molecular complexity index is 307. The lowest BCUT2D eigenvalue weighted by Gasteiger charge is -2.11. The van der Waals surface area contributed by atoms with Crippen molar-refractivity contribution in [1.82, 2.24) is 0 Å². The van der Waals surface area contributed by atoms with Crippen molar-refractivity contribution in [2.24, 2.45) is 5.92 Å². The van der Waals surface area contributed by atoms with Crippen molar-refractivity contribution in [3.63, 3.8) is 0 Å². The first-order valence-corrected chi connectivity index (χ1v) is 5.03. The first kappa shape index (κ1) is 11.0. The predicted octanol–water partition coefficient (Wildman–Crippen LogP) is 3.03. The molecule has 0 saturated heterocycles. The summed E-state index contributed by atoms with van der Waals surface area (Å²) >= 11 is 0. The van der Waals surface area contributed by atoms with Gasteiger partial charge in [0.15, 0.2) is 0 Å². The summed E-state index contributed by atoms with van der Waals surface area (Å²) in [4.78, 5) is 0. The van der Waals surface area contributed by atoms with Crippen LogP contribution in [0.3, 0.4) is 0 Å². The molecule has 0 atom stereocenters. The molecule has 0 aliphatic carbocycles. The lowest BCUT2D eigenvalue weighted by Crippen LogP contribution is -1.95. The fourth-order valence-electron chi connectivity index (χ4n) is 1.53. The van der Waals surface area contributed by atoms with Gasteiger partial charge in [-0.3, -0.25) is 0 Å². The molecule has 0 saturated carbocycles. The Morgan fingerprint density at radius 2 is 1.86 bits per heavy atom. The molecular formula is C13H18O. The van der Waals surface area contributed by atoms with E-state index in [4.69, 9.17) is 5.11 Å². The molecule has 0 radical (unpaired) electrons. The van der Waals surface area contributed by atoms with E-state index in [2.05, 4.69) is 45.0 Å². The summed E-state index contributed by atoms with van der Waals surface area (Å²) in [6.07, 6.45) is 1.88. The Labute approximate surface area is 86.1 Å². The number of aryl methyl sites for hydroxylation is 1. The van der Waals surface area contributed by atoms with Gasteiger partial charge in [0.25, 0.3) is 0 Å². The van der Waals surface area contributed by atoms with E-state index in [1.165, 1.54) is 16.7 Å². The van der Waals surface area contributed by atoms with E-state index in [1.807, 2.05) is 6.08 Å². The van der Waals surface area contributed by atoms with E-state index in [0.29, 0.717) is 5.92 Å². The zero-order valence-corrected chi connectivity index (χ0v) is 9.12. The Kier molecular flexibility index (Phi) is 3.90. The van der Waals surface area contributed by atoms with Gasteiger partial charge in [0.2, 0.25) is 0 Å². The number of allylic oxidation sites excluding steroid dienone is 1. The van der Waals surface area contributed by atoms with Crippen molar-refractivity contribution in [2.75, 3.05) is 6.61 Å². The average Bonchev–Trinajstić information content (AvgIpc) is 2.15. The second-order valence-electron chi connectivity index (χ2n) is 3.86. The molecule has 1 nitrogen and oxygen atoms in total. The highest BCUT2D eigenvalue weighted by Gasteiger charge is 2.04. The third kappa shape index (κ3) is 2.71. The number of rotatable bonds is 3. The van der Waals surface area contributed by atoms with Crippen LogP contribution in [-0.4, -0.2) is 11.7 Å². The van der Waals surface area contributed by atoms with Gasteiger partial charge in [-0.2, -0.15) is 0 Å². The van der Waals surface area contributed by atoms with E-state index in [0.717, 1.165) is 0 Å². The van der Waals surface area contributed by atoms with Crippen LogP contribution < -0.4 is 0 Å². The predicted molar refractivity (Wildman–Crippen MR) is 61.1 cm³/mol. The quantitative estimate of drug-likeness (QED) is 0.776. The summed E-state index contributed by atoms with van der Waals surface area (Å²) < 4.78 is 0. The van der Waals surface area contributed by atoms with Gasteiger partial charge in [-0.15, -0.1) is 0 Å². The van der Waals surface area contributed by atoms with Crippen LogP contribution in [0.25, 0.3) is 5.57 Å². The average molecular weight is 190 g/mol. The minimum absolute atomic E-state index is 0.112. The maximum absolute atomic E-state index is 8.93. The summed E-state index contributed by atoms with van der Waals surface area (Å²) in [5, 5.41) is 8.93. The van der Waals surface area contributed by atoms with E-state index >= 15 is 0 Å². The van der Waals surface area contributed by atoms with Crippen molar-refractivity contribution < 1.29 is 5.11 Å². The van der Waals surface area contributed by atoms with E-state index in [9.17, 15) is 0 Å². The second kappa shape index (κ2) is 4.97. The molecule has 1 heteroatoms. The summed E-state index contributed by atoms with van der Waals surface area (Å²) in [7, 11) is 0. The van der Waals surface area contributed by atoms with Gasteiger partial charge in [-0.25, -0.2) is 0 Å². The van der Waals surface area contributed by atoms with Crippen LogP contribution in [0.5, 0.6) is 0 Å². The highest BCUT2D eigenvalue weighted by molar-refractivity contribution is 5.67. The Morgan fingerprint density at radius 3 is 2.29 bits per heavy atom. The van der Waals surface area contributed by atoms with E-state index in [1.54, 1.807) is 0 Å². The van der Waals surface area contributed by atoms with Crippen LogP contribution in [0, 0.1) is 12.8 Å². The topological polar surface area (TPSA) is 20.2 Å². The largest absolute Gasteiger partial charge is 0.392 e. The number of aliphatic hydroxyl groups excluding tert-OH is 1. The summed E-state index contributed by atoms with van der Waals surface area (Å²) in [5.41, 5.74) is 3.69. The molecule has 0 fully saturated rings. The molecule has 0 bridgehead atoms. The monoisotopic (exact) mass is 190 g/mol. The SMILES string of the molecule is Cc1ccc(/C(=C/CO)C(C)C)cc1. The van der Waals surface area contributed by atoms with Crippen LogP contribution >= 0.6 is 0 Å². The maximum atomic E-state index is 8.93. The van der Waals surface area contributed by atoms with Crippen molar-refractivity contribution in [1.29, 1.82) is 0 Å². The smallest absolute Gasteiger partial charge is 0.0618 e. The summed E-state index contributed by atoms with van der Waals surface area (Å²) in [6.45, 7) is 6.47. The van der Waals surface area contributed by atoms with E-state index in [-0.39, 0.29) is 6.61 Å². The second-order valence-corrected chi connectivity index (χ2v) is 3.86. The lowest BCUT2D eigenvalue weighted by atomic mass is 9.94. The van der Waals surface area contributed by atoms with Gasteiger partial charge in [-0.1, -0.05) is 49.8 Å². The van der Waals surface area contributed by atoms with Gasteiger partial charge in [0, 0.05) is 0 Å². The minimum Gasteiger partial charge on any atom is -0.392 e. The van der Waals surface area contributed by atoms with E-state index < -0.39 is 0 Å². The van der Waals surface area contributed by atoms with Crippen LogP contribution in [0.4, 0.5) is 0 Å². The normalized spacial score (nSPS) is 12.2. The van der Waals surface area contributed by atoms with Crippen molar-refractivity contribution in [2.45, 2.75) is 20.8 Å². The number of aliphatic hydroxyl groups is 1. The number of hydrogen-bond donors (Lipinski definition) is 1. The van der Waals surface area contributed by atoms with Crippen molar-refractivity contribution in [3.05, 3.63) is 41.5 Å². The molecule has 0 aromatic heterocycles. The third-order valence-corrected chi connectivity index (χ3v) is 2.32. The first-order valence-electron chi connectivity index (χ1n) is 5.03. The fourth-order valence-corrected chi connectivity index (χ4v) is 1.53. The highest BCUT2D eigenvalue weighted by atomic mass is 16.2. The fraction of sp³-hybridized carbons (Fsp3) is 0.385. The third-order valence-electron chi connectivity index (χ3n) is 2.32. The van der Waals surface area contributed by atoms with Crippen LogP contribution in [0.2, 0.25) is 0 Å². The van der Waals surface area contributed by atoms with Crippen LogP contribution in [0.15, 0.2) is 30.3 Å². The van der Waals surface area contributed by atoms with Gasteiger partial charge < -0.3 is 5.11 Å². The minimum atomic E-state index is 0.112. The van der Waals surface area contributed by atoms with Crippen molar-refractivity contribution >= 4 is 5.57 Å². The van der Waals surface area contributed by atoms with Gasteiger partial charge in [-0.05, 0) is 24.0 Å².